The molecule has 1 aliphatic heterocycles. The van der Waals surface area contributed by atoms with Crippen LogP contribution < -0.4 is 0 Å². The third kappa shape index (κ3) is 1.62. The van der Waals surface area contributed by atoms with Crippen LogP contribution in [0.3, 0.4) is 0 Å². The van der Waals surface area contributed by atoms with Crippen molar-refractivity contribution in [3.8, 4) is 0 Å². The van der Waals surface area contributed by atoms with E-state index in [0.29, 0.717) is 17.7 Å². The fourth-order valence-corrected chi connectivity index (χ4v) is 2.10. The minimum Gasteiger partial charge on any atom is -0.467 e. The molecule has 1 fully saturated rings. The third-order valence-corrected chi connectivity index (χ3v) is 3.06. The molecule has 0 spiro atoms. The van der Waals surface area contributed by atoms with Gasteiger partial charge in [-0.1, -0.05) is 18.2 Å². The van der Waals surface area contributed by atoms with Gasteiger partial charge in [-0.3, -0.25) is 14.5 Å². The number of amides is 2. The standard InChI is InChI=1S/C14H11NO3/c16-13-9-11(12-7-4-8-18-12)15(13)14(17)10-5-2-1-3-6-10/h1-8,11H,9H2. The Morgan fingerprint density at radius 2 is 1.94 bits per heavy atom. The van der Waals surface area contributed by atoms with Gasteiger partial charge in [0.1, 0.15) is 11.8 Å². The lowest BCUT2D eigenvalue weighted by Gasteiger charge is -2.37. The molecule has 1 unspecified atom stereocenters. The Balaban J connectivity index is 1.87. The molecule has 1 saturated heterocycles. The number of hydrogen-bond acceptors (Lipinski definition) is 3. The van der Waals surface area contributed by atoms with Gasteiger partial charge in [0.25, 0.3) is 5.91 Å². The zero-order valence-corrected chi connectivity index (χ0v) is 9.58. The molecular formula is C14H11NO3. The number of β-lactam (4-membered cyclic amide) rings is 1. The number of rotatable bonds is 2. The van der Waals surface area contributed by atoms with E-state index in [2.05, 4.69) is 0 Å². The van der Waals surface area contributed by atoms with Crippen molar-refractivity contribution in [1.82, 2.24) is 4.90 Å². The number of likely N-dealkylation sites (tertiary alicyclic amines) is 1. The lowest BCUT2D eigenvalue weighted by atomic mass is 9.98. The maximum atomic E-state index is 12.2. The Kier molecular flexibility index (Phi) is 2.48. The van der Waals surface area contributed by atoms with E-state index in [-0.39, 0.29) is 17.9 Å². The van der Waals surface area contributed by atoms with Gasteiger partial charge in [0, 0.05) is 5.56 Å². The van der Waals surface area contributed by atoms with Gasteiger partial charge >= 0.3 is 0 Å². The number of furan rings is 1. The van der Waals surface area contributed by atoms with Crippen LogP contribution in [0.4, 0.5) is 0 Å². The topological polar surface area (TPSA) is 50.5 Å². The van der Waals surface area contributed by atoms with E-state index in [0.717, 1.165) is 0 Å². The van der Waals surface area contributed by atoms with Crippen molar-refractivity contribution in [2.45, 2.75) is 12.5 Å². The first-order valence-corrected chi connectivity index (χ1v) is 5.72. The van der Waals surface area contributed by atoms with Crippen LogP contribution in [0, 0.1) is 0 Å². The van der Waals surface area contributed by atoms with Crippen molar-refractivity contribution < 1.29 is 14.0 Å². The molecule has 4 nitrogen and oxygen atoms in total. The second-order valence-corrected chi connectivity index (χ2v) is 4.17. The second kappa shape index (κ2) is 4.14. The van der Waals surface area contributed by atoms with Gasteiger partial charge in [-0.05, 0) is 24.3 Å². The Morgan fingerprint density at radius 3 is 2.56 bits per heavy atom. The lowest BCUT2D eigenvalue weighted by Crippen LogP contribution is -2.49. The van der Waals surface area contributed by atoms with Crippen LogP contribution in [0.2, 0.25) is 0 Å². The van der Waals surface area contributed by atoms with E-state index in [1.54, 1.807) is 42.7 Å². The van der Waals surface area contributed by atoms with E-state index in [9.17, 15) is 9.59 Å². The fraction of sp³-hybridized carbons (Fsp3) is 0.143. The van der Waals surface area contributed by atoms with Crippen molar-refractivity contribution in [2.24, 2.45) is 0 Å². The molecule has 0 saturated carbocycles. The maximum Gasteiger partial charge on any atom is 0.261 e. The average Bonchev–Trinajstić information content (AvgIpc) is 2.90. The van der Waals surface area contributed by atoms with Gasteiger partial charge in [0.2, 0.25) is 5.91 Å². The van der Waals surface area contributed by atoms with E-state index >= 15 is 0 Å². The summed E-state index contributed by atoms with van der Waals surface area (Å²) in [5.74, 6) is 0.220. The second-order valence-electron chi connectivity index (χ2n) is 4.17. The summed E-state index contributed by atoms with van der Waals surface area (Å²) in [5, 5.41) is 0. The van der Waals surface area contributed by atoms with E-state index in [4.69, 9.17) is 4.42 Å². The molecule has 2 amide bonds. The van der Waals surface area contributed by atoms with Crippen LogP contribution in [0.25, 0.3) is 0 Å². The van der Waals surface area contributed by atoms with Crippen molar-refractivity contribution in [3.63, 3.8) is 0 Å². The van der Waals surface area contributed by atoms with Gasteiger partial charge < -0.3 is 4.42 Å². The molecule has 18 heavy (non-hydrogen) atoms. The first-order valence-electron chi connectivity index (χ1n) is 5.72. The highest BCUT2D eigenvalue weighted by Crippen LogP contribution is 2.35. The van der Waals surface area contributed by atoms with Gasteiger partial charge in [0.15, 0.2) is 0 Å². The first kappa shape index (κ1) is 10.8. The zero-order chi connectivity index (χ0) is 12.5. The van der Waals surface area contributed by atoms with Gasteiger partial charge in [-0.15, -0.1) is 0 Å². The molecule has 0 N–H and O–H groups in total. The van der Waals surface area contributed by atoms with Crippen molar-refractivity contribution in [2.75, 3.05) is 0 Å². The fourth-order valence-electron chi connectivity index (χ4n) is 2.10. The summed E-state index contributed by atoms with van der Waals surface area (Å²) >= 11 is 0. The van der Waals surface area contributed by atoms with Crippen molar-refractivity contribution in [3.05, 3.63) is 60.1 Å². The molecule has 0 bridgehead atoms. The summed E-state index contributed by atoms with van der Waals surface area (Å²) in [6, 6.07) is 12.1. The Hall–Kier alpha value is -2.36. The number of carbonyl (C=O) groups excluding carboxylic acids is 2. The molecule has 0 radical (unpaired) electrons. The molecule has 0 aliphatic carbocycles. The van der Waals surface area contributed by atoms with Crippen LogP contribution in [0.1, 0.15) is 28.6 Å². The third-order valence-electron chi connectivity index (χ3n) is 3.06. The predicted octanol–water partition coefficient (Wildman–Crippen LogP) is 2.39. The molecule has 1 aromatic heterocycles. The van der Waals surface area contributed by atoms with Gasteiger partial charge in [-0.2, -0.15) is 0 Å². The highest BCUT2D eigenvalue weighted by atomic mass is 16.3. The van der Waals surface area contributed by atoms with E-state index in [1.165, 1.54) is 4.90 Å². The molecule has 2 aromatic rings. The smallest absolute Gasteiger partial charge is 0.261 e. The minimum atomic E-state index is -0.270. The summed E-state index contributed by atoms with van der Waals surface area (Å²) < 4.78 is 5.26. The number of hydrogen-bond donors (Lipinski definition) is 0. The molecule has 1 aromatic carbocycles. The highest BCUT2D eigenvalue weighted by molar-refractivity contribution is 6.08. The summed E-state index contributed by atoms with van der Waals surface area (Å²) in [5.41, 5.74) is 0.516. The molecule has 1 aliphatic rings. The minimum absolute atomic E-state index is 0.162. The maximum absolute atomic E-state index is 12.2. The van der Waals surface area contributed by atoms with Crippen LogP contribution in [-0.2, 0) is 4.79 Å². The van der Waals surface area contributed by atoms with Crippen molar-refractivity contribution >= 4 is 11.8 Å². The quantitative estimate of drug-likeness (QED) is 0.599. The summed E-state index contributed by atoms with van der Waals surface area (Å²) in [6.07, 6.45) is 1.87. The zero-order valence-electron chi connectivity index (χ0n) is 9.58. The molecule has 3 rings (SSSR count). The highest BCUT2D eigenvalue weighted by Gasteiger charge is 2.43. The summed E-state index contributed by atoms with van der Waals surface area (Å²) in [6.45, 7) is 0. The number of carbonyl (C=O) groups is 2. The largest absolute Gasteiger partial charge is 0.467 e. The van der Waals surface area contributed by atoms with E-state index in [1.807, 2.05) is 6.07 Å². The van der Waals surface area contributed by atoms with Gasteiger partial charge in [0.05, 0.1) is 12.7 Å². The first-order chi connectivity index (χ1) is 8.77. The summed E-state index contributed by atoms with van der Waals surface area (Å²) in [4.78, 5) is 25.1. The van der Waals surface area contributed by atoms with Crippen LogP contribution >= 0.6 is 0 Å². The normalized spacial score (nSPS) is 18.6. The molecular weight excluding hydrogens is 230 g/mol. The van der Waals surface area contributed by atoms with Crippen LogP contribution in [0.15, 0.2) is 53.1 Å². The van der Waals surface area contributed by atoms with Crippen molar-refractivity contribution in [1.29, 1.82) is 0 Å². The molecule has 90 valence electrons. The van der Waals surface area contributed by atoms with Crippen LogP contribution in [-0.4, -0.2) is 16.7 Å². The van der Waals surface area contributed by atoms with E-state index < -0.39 is 0 Å². The number of imide groups is 1. The molecule has 1 atom stereocenters. The predicted molar refractivity (Wildman–Crippen MR) is 63.7 cm³/mol. The lowest BCUT2D eigenvalue weighted by molar-refractivity contribution is -0.142. The van der Waals surface area contributed by atoms with Crippen LogP contribution in [0.5, 0.6) is 0 Å². The Labute approximate surface area is 104 Å². The monoisotopic (exact) mass is 241 g/mol. The average molecular weight is 241 g/mol. The number of benzene rings is 1. The Morgan fingerprint density at radius 1 is 1.17 bits per heavy atom. The molecule has 2 heterocycles. The SMILES string of the molecule is O=C1CC(c2ccco2)N1C(=O)c1ccccc1. The molecule has 4 heteroatoms. The summed E-state index contributed by atoms with van der Waals surface area (Å²) in [7, 11) is 0. The Bertz CT molecular complexity index is 574. The number of nitrogens with zero attached hydrogens (tertiary/aromatic N) is 1. The van der Waals surface area contributed by atoms with Gasteiger partial charge in [-0.25, -0.2) is 0 Å².